The zero-order valence-corrected chi connectivity index (χ0v) is 17.7. The lowest BCUT2D eigenvalue weighted by Crippen LogP contribution is -2.63. The second-order valence-electron chi connectivity index (χ2n) is 9.58. The van der Waals surface area contributed by atoms with Gasteiger partial charge in [-0.15, -0.1) is 0 Å². The third-order valence-electron chi connectivity index (χ3n) is 6.55. The average molecular weight is 382 g/mol. The average Bonchev–Trinajstić information content (AvgIpc) is 2.61. The molecular formula is C22H39NO4. The molecule has 2 aliphatic carbocycles. The van der Waals surface area contributed by atoms with Gasteiger partial charge in [-0.05, 0) is 44.9 Å². The van der Waals surface area contributed by atoms with Crippen molar-refractivity contribution in [1.82, 2.24) is 5.32 Å². The van der Waals surface area contributed by atoms with Crippen LogP contribution in [0.15, 0.2) is 0 Å². The molecule has 1 amide bonds. The first-order chi connectivity index (χ1) is 12.7. The van der Waals surface area contributed by atoms with Crippen LogP contribution in [0.1, 0.15) is 98.3 Å². The van der Waals surface area contributed by atoms with E-state index in [1.54, 1.807) is 20.8 Å². The normalized spacial score (nSPS) is 22.3. The van der Waals surface area contributed by atoms with E-state index >= 15 is 0 Å². The number of rotatable bonds is 6. The zero-order chi connectivity index (χ0) is 20.1. The molecule has 0 aromatic carbocycles. The molecule has 0 radical (unpaired) electrons. The van der Waals surface area contributed by atoms with Crippen LogP contribution in [-0.2, 0) is 9.53 Å². The van der Waals surface area contributed by atoms with Crippen molar-refractivity contribution < 1.29 is 19.4 Å². The van der Waals surface area contributed by atoms with E-state index in [0.717, 1.165) is 25.7 Å². The number of hydrogen-bond donors (Lipinski definition) is 2. The molecule has 1 atom stereocenters. The molecule has 0 saturated heterocycles. The SMILES string of the molecule is CCC(NC(=O)OC(C)(C)C)(C(=O)O)C(C1CCCCC1)C1CCCCC1. The van der Waals surface area contributed by atoms with Gasteiger partial charge in [-0.2, -0.15) is 0 Å². The molecule has 0 bridgehead atoms. The molecule has 5 nitrogen and oxygen atoms in total. The van der Waals surface area contributed by atoms with Gasteiger partial charge in [-0.1, -0.05) is 71.1 Å². The monoisotopic (exact) mass is 381 g/mol. The van der Waals surface area contributed by atoms with Crippen molar-refractivity contribution in [2.45, 2.75) is 109 Å². The van der Waals surface area contributed by atoms with Gasteiger partial charge in [0.15, 0.2) is 0 Å². The lowest BCUT2D eigenvalue weighted by Gasteiger charge is -2.47. The van der Waals surface area contributed by atoms with Crippen LogP contribution in [-0.4, -0.2) is 28.3 Å². The van der Waals surface area contributed by atoms with Crippen LogP contribution in [0, 0.1) is 17.8 Å². The highest BCUT2D eigenvalue weighted by Gasteiger charge is 2.52. The number of ether oxygens (including phenoxy) is 1. The van der Waals surface area contributed by atoms with Crippen LogP contribution in [0.2, 0.25) is 0 Å². The van der Waals surface area contributed by atoms with Gasteiger partial charge >= 0.3 is 12.1 Å². The maximum absolute atomic E-state index is 12.6. The van der Waals surface area contributed by atoms with Gasteiger partial charge in [0, 0.05) is 0 Å². The molecule has 27 heavy (non-hydrogen) atoms. The Labute approximate surface area is 164 Å². The van der Waals surface area contributed by atoms with Crippen LogP contribution < -0.4 is 5.32 Å². The fourth-order valence-corrected chi connectivity index (χ4v) is 5.42. The number of hydrogen-bond acceptors (Lipinski definition) is 3. The third-order valence-corrected chi connectivity index (χ3v) is 6.55. The van der Waals surface area contributed by atoms with Gasteiger partial charge < -0.3 is 15.2 Å². The molecule has 2 aliphatic rings. The number of carboxylic acids is 1. The molecule has 2 fully saturated rings. The van der Waals surface area contributed by atoms with Crippen LogP contribution in [0.3, 0.4) is 0 Å². The van der Waals surface area contributed by atoms with Crippen molar-refractivity contribution in [2.24, 2.45) is 17.8 Å². The van der Waals surface area contributed by atoms with Crippen molar-refractivity contribution >= 4 is 12.1 Å². The third kappa shape index (κ3) is 5.61. The molecule has 1 unspecified atom stereocenters. The fourth-order valence-electron chi connectivity index (χ4n) is 5.42. The highest BCUT2D eigenvalue weighted by Crippen LogP contribution is 2.46. The summed E-state index contributed by atoms with van der Waals surface area (Å²) in [5.74, 6) is -0.189. The molecule has 0 spiro atoms. The molecule has 0 aromatic rings. The van der Waals surface area contributed by atoms with Crippen LogP contribution >= 0.6 is 0 Å². The summed E-state index contributed by atoms with van der Waals surface area (Å²) in [6.07, 6.45) is 11.2. The topological polar surface area (TPSA) is 75.6 Å². The smallest absolute Gasteiger partial charge is 0.408 e. The second-order valence-corrected chi connectivity index (χ2v) is 9.58. The van der Waals surface area contributed by atoms with Gasteiger partial charge in [0.25, 0.3) is 0 Å². The van der Waals surface area contributed by atoms with Crippen molar-refractivity contribution in [1.29, 1.82) is 0 Å². The molecule has 2 saturated carbocycles. The highest BCUT2D eigenvalue weighted by molar-refractivity contribution is 5.85. The Morgan fingerprint density at radius 1 is 0.963 bits per heavy atom. The van der Waals surface area contributed by atoms with E-state index in [1.165, 1.54) is 38.5 Å². The Morgan fingerprint density at radius 3 is 1.74 bits per heavy atom. The maximum Gasteiger partial charge on any atom is 0.408 e. The summed E-state index contributed by atoms with van der Waals surface area (Å²) in [5, 5.41) is 13.2. The van der Waals surface area contributed by atoms with Crippen LogP contribution in [0.4, 0.5) is 4.79 Å². The van der Waals surface area contributed by atoms with Crippen molar-refractivity contribution in [3.63, 3.8) is 0 Å². The number of aliphatic carboxylic acids is 1. The maximum atomic E-state index is 12.6. The van der Waals surface area contributed by atoms with Gasteiger partial charge in [0.1, 0.15) is 11.1 Å². The van der Waals surface area contributed by atoms with E-state index in [9.17, 15) is 14.7 Å². The summed E-state index contributed by atoms with van der Waals surface area (Å²) in [6, 6.07) is 0. The molecule has 0 aromatic heterocycles. The van der Waals surface area contributed by atoms with Gasteiger partial charge in [0.05, 0.1) is 0 Å². The van der Waals surface area contributed by atoms with Crippen LogP contribution in [0.5, 0.6) is 0 Å². The fraction of sp³-hybridized carbons (Fsp3) is 0.909. The Balaban J connectivity index is 2.36. The number of alkyl carbamates (subject to hydrolysis) is 1. The first kappa shape index (κ1) is 22.0. The van der Waals surface area contributed by atoms with Crippen molar-refractivity contribution in [3.05, 3.63) is 0 Å². The largest absolute Gasteiger partial charge is 0.479 e. The summed E-state index contributed by atoms with van der Waals surface area (Å²) in [4.78, 5) is 25.2. The second kappa shape index (κ2) is 9.29. The molecule has 2 rings (SSSR count). The van der Waals surface area contributed by atoms with Crippen molar-refractivity contribution in [3.8, 4) is 0 Å². The molecule has 2 N–H and O–H groups in total. The summed E-state index contributed by atoms with van der Waals surface area (Å²) >= 11 is 0. The molecule has 0 aliphatic heterocycles. The number of carbonyl (C=O) groups excluding carboxylic acids is 1. The Hall–Kier alpha value is -1.26. The van der Waals surface area contributed by atoms with E-state index < -0.39 is 23.2 Å². The predicted molar refractivity (Wildman–Crippen MR) is 107 cm³/mol. The number of nitrogens with one attached hydrogen (secondary N) is 1. The zero-order valence-electron chi connectivity index (χ0n) is 17.7. The minimum Gasteiger partial charge on any atom is -0.479 e. The first-order valence-corrected chi connectivity index (χ1v) is 10.9. The quantitative estimate of drug-likeness (QED) is 0.635. The van der Waals surface area contributed by atoms with E-state index in [0.29, 0.717) is 18.3 Å². The summed E-state index contributed by atoms with van der Waals surface area (Å²) in [5.41, 5.74) is -1.89. The lowest BCUT2D eigenvalue weighted by atomic mass is 9.61. The standard InChI is InChI=1S/C22H39NO4/c1-5-22(19(24)25,23-20(26)27-21(2,3)4)18(16-12-8-6-9-13-16)17-14-10-7-11-15-17/h16-18H,5-15H2,1-4H3,(H,23,26)(H,24,25). The van der Waals surface area contributed by atoms with Crippen LogP contribution in [0.25, 0.3) is 0 Å². The lowest BCUT2D eigenvalue weighted by molar-refractivity contribution is -0.151. The first-order valence-electron chi connectivity index (χ1n) is 10.9. The van der Waals surface area contributed by atoms with Gasteiger partial charge in [-0.3, -0.25) is 0 Å². The van der Waals surface area contributed by atoms with E-state index in [4.69, 9.17) is 4.74 Å². The minimum atomic E-state index is -1.24. The van der Waals surface area contributed by atoms with E-state index in [2.05, 4.69) is 5.32 Å². The number of amides is 1. The van der Waals surface area contributed by atoms with Crippen molar-refractivity contribution in [2.75, 3.05) is 0 Å². The molecule has 5 heteroatoms. The Morgan fingerprint density at radius 2 is 1.41 bits per heavy atom. The summed E-state index contributed by atoms with van der Waals surface area (Å²) < 4.78 is 5.46. The predicted octanol–water partition coefficient (Wildman–Crippen LogP) is 5.52. The van der Waals surface area contributed by atoms with E-state index in [-0.39, 0.29) is 5.92 Å². The Bertz CT molecular complexity index is 483. The molecule has 0 heterocycles. The summed E-state index contributed by atoms with van der Waals surface area (Å²) in [6.45, 7) is 7.31. The van der Waals surface area contributed by atoms with Gasteiger partial charge in [0.2, 0.25) is 0 Å². The molecule has 156 valence electrons. The van der Waals surface area contributed by atoms with Gasteiger partial charge in [-0.25, -0.2) is 9.59 Å². The highest BCUT2D eigenvalue weighted by atomic mass is 16.6. The molecular weight excluding hydrogens is 342 g/mol. The number of carboxylic acid groups (broad SMARTS) is 1. The van der Waals surface area contributed by atoms with E-state index in [1.807, 2.05) is 6.92 Å². The minimum absolute atomic E-state index is 0.0203. The Kier molecular flexibility index (Phi) is 7.58. The number of carbonyl (C=O) groups is 2. The summed E-state index contributed by atoms with van der Waals surface area (Å²) in [7, 11) is 0.